The van der Waals surface area contributed by atoms with Crippen molar-refractivity contribution < 1.29 is 0 Å². The third-order valence-corrected chi connectivity index (χ3v) is 3.85. The summed E-state index contributed by atoms with van der Waals surface area (Å²) < 4.78 is 0. The third-order valence-electron chi connectivity index (χ3n) is 3.85. The van der Waals surface area contributed by atoms with Crippen molar-refractivity contribution in [2.24, 2.45) is 0 Å². The largest absolute Gasteiger partial charge is 0.0683 e. The van der Waals surface area contributed by atoms with Gasteiger partial charge in [-0.25, -0.2) is 0 Å². The van der Waals surface area contributed by atoms with E-state index in [0.29, 0.717) is 0 Å². The van der Waals surface area contributed by atoms with Gasteiger partial charge in [0, 0.05) is 0 Å². The number of benzene rings is 1. The molecule has 150 valence electrons. The lowest BCUT2D eigenvalue weighted by Gasteiger charge is -2.00. The van der Waals surface area contributed by atoms with Crippen molar-refractivity contribution in [3.63, 3.8) is 0 Å². The Labute approximate surface area is 161 Å². The van der Waals surface area contributed by atoms with E-state index in [4.69, 9.17) is 0 Å². The van der Waals surface area contributed by atoms with Gasteiger partial charge in [0.15, 0.2) is 0 Å². The molecular formula is C25H50. The highest BCUT2D eigenvalue weighted by molar-refractivity contribution is 5.21. The molecular weight excluding hydrogens is 300 g/mol. The van der Waals surface area contributed by atoms with Crippen LogP contribution in [0.5, 0.6) is 0 Å². The standard InChI is InChI=1S/C12H18.C6H14.C5H12.C2H6/c1-3-4-5-6-12-9-7-11(2)8-10-12;1-3-5-6-4-2;1-3-5-4-2;1-2/h7-10H,3-6H2,1-2H3;3-6H2,1-2H3;3-5H2,1-2H3;1-2H3. The summed E-state index contributed by atoms with van der Waals surface area (Å²) in [5, 5.41) is 0. The first-order valence-corrected chi connectivity index (χ1v) is 11.2. The molecule has 0 spiro atoms. The van der Waals surface area contributed by atoms with Crippen LogP contribution in [0.4, 0.5) is 0 Å². The maximum atomic E-state index is 2.25. The maximum Gasteiger partial charge on any atom is -0.0279 e. The van der Waals surface area contributed by atoms with Crippen LogP contribution in [-0.2, 0) is 6.42 Å². The molecule has 1 aromatic carbocycles. The van der Waals surface area contributed by atoms with Crippen LogP contribution in [0.25, 0.3) is 0 Å². The Kier molecular flexibility index (Phi) is 32.5. The Hall–Kier alpha value is -0.780. The molecule has 0 unspecified atom stereocenters. The maximum absolute atomic E-state index is 2.25. The SMILES string of the molecule is CC.CCCCC.CCCCCC.CCCCCc1ccc(C)cc1. The van der Waals surface area contributed by atoms with E-state index in [0.717, 1.165) is 0 Å². The molecule has 0 radical (unpaired) electrons. The van der Waals surface area contributed by atoms with Crippen LogP contribution < -0.4 is 0 Å². The van der Waals surface area contributed by atoms with Crippen molar-refractivity contribution in [1.29, 1.82) is 0 Å². The molecule has 0 heteroatoms. The lowest BCUT2D eigenvalue weighted by Crippen LogP contribution is -1.84. The second-order valence-corrected chi connectivity index (χ2v) is 6.50. The number of hydrogen-bond donors (Lipinski definition) is 0. The van der Waals surface area contributed by atoms with Gasteiger partial charge in [-0.1, -0.05) is 136 Å². The highest BCUT2D eigenvalue weighted by atomic mass is 14.0. The van der Waals surface area contributed by atoms with Crippen molar-refractivity contribution in [1.82, 2.24) is 0 Å². The minimum atomic E-state index is 1.24. The van der Waals surface area contributed by atoms with Crippen molar-refractivity contribution in [2.45, 2.75) is 126 Å². The van der Waals surface area contributed by atoms with E-state index in [9.17, 15) is 0 Å². The van der Waals surface area contributed by atoms with Gasteiger partial charge in [-0.2, -0.15) is 0 Å². The fourth-order valence-corrected chi connectivity index (χ4v) is 2.19. The van der Waals surface area contributed by atoms with Crippen molar-refractivity contribution in [2.75, 3.05) is 0 Å². The zero-order chi connectivity index (χ0) is 19.8. The van der Waals surface area contributed by atoms with E-state index >= 15 is 0 Å². The molecule has 0 aliphatic rings. The lowest BCUT2D eigenvalue weighted by molar-refractivity contribution is 0.702. The zero-order valence-electron chi connectivity index (χ0n) is 19.1. The van der Waals surface area contributed by atoms with E-state index in [2.05, 4.69) is 65.8 Å². The van der Waals surface area contributed by atoms with Crippen LogP contribution in [0.2, 0.25) is 0 Å². The summed E-state index contributed by atoms with van der Waals surface area (Å²) in [6, 6.07) is 8.87. The lowest BCUT2D eigenvalue weighted by atomic mass is 10.1. The predicted octanol–water partition coefficient (Wildman–Crippen LogP) is 9.54. The van der Waals surface area contributed by atoms with Crippen LogP contribution >= 0.6 is 0 Å². The zero-order valence-corrected chi connectivity index (χ0v) is 19.1. The van der Waals surface area contributed by atoms with Crippen LogP contribution in [0, 0.1) is 6.92 Å². The molecule has 0 atom stereocenters. The molecule has 0 N–H and O–H groups in total. The third kappa shape index (κ3) is 28.3. The fourth-order valence-electron chi connectivity index (χ4n) is 2.19. The highest BCUT2D eigenvalue weighted by Gasteiger charge is 1.91. The second-order valence-electron chi connectivity index (χ2n) is 6.50. The first-order valence-electron chi connectivity index (χ1n) is 11.2. The number of rotatable bonds is 9. The van der Waals surface area contributed by atoms with Gasteiger partial charge in [-0.15, -0.1) is 0 Å². The Morgan fingerprint density at radius 1 is 0.520 bits per heavy atom. The molecule has 0 saturated heterocycles. The van der Waals surface area contributed by atoms with Crippen molar-refractivity contribution in [3.8, 4) is 0 Å². The number of aryl methyl sites for hydroxylation is 2. The minimum Gasteiger partial charge on any atom is -0.0683 e. The monoisotopic (exact) mass is 350 g/mol. The second kappa shape index (κ2) is 28.0. The van der Waals surface area contributed by atoms with Gasteiger partial charge >= 0.3 is 0 Å². The Bertz CT molecular complexity index is 290. The molecule has 0 amide bonds. The topological polar surface area (TPSA) is 0 Å². The highest BCUT2D eigenvalue weighted by Crippen LogP contribution is 2.07. The predicted molar refractivity (Wildman–Crippen MR) is 121 cm³/mol. The molecule has 0 aromatic heterocycles. The minimum absolute atomic E-state index is 1.24. The van der Waals surface area contributed by atoms with E-state index in [-0.39, 0.29) is 0 Å². The van der Waals surface area contributed by atoms with Crippen LogP contribution in [0.15, 0.2) is 24.3 Å². The quantitative estimate of drug-likeness (QED) is 0.389. The summed E-state index contributed by atoms with van der Waals surface area (Å²) in [4.78, 5) is 0. The molecule has 1 rings (SSSR count). The summed E-state index contributed by atoms with van der Waals surface area (Å²) >= 11 is 0. The number of unbranched alkanes of at least 4 members (excludes halogenated alkanes) is 7. The summed E-state index contributed by atoms with van der Waals surface area (Å²) in [7, 11) is 0. The van der Waals surface area contributed by atoms with Crippen LogP contribution in [0.1, 0.15) is 124 Å². The normalized spacial score (nSPS) is 8.96. The molecule has 1 aromatic rings. The van der Waals surface area contributed by atoms with Gasteiger partial charge in [-0.3, -0.25) is 0 Å². The molecule has 0 heterocycles. The van der Waals surface area contributed by atoms with Gasteiger partial charge in [0.05, 0.1) is 0 Å². The van der Waals surface area contributed by atoms with Gasteiger partial charge in [0.25, 0.3) is 0 Å². The van der Waals surface area contributed by atoms with Gasteiger partial charge < -0.3 is 0 Å². The molecule has 0 aliphatic heterocycles. The first-order chi connectivity index (χ1) is 12.2. The molecule has 0 saturated carbocycles. The van der Waals surface area contributed by atoms with Crippen molar-refractivity contribution >= 4 is 0 Å². The summed E-state index contributed by atoms with van der Waals surface area (Å²) in [6.07, 6.45) is 14.9. The van der Waals surface area contributed by atoms with Crippen LogP contribution in [-0.4, -0.2) is 0 Å². The van der Waals surface area contributed by atoms with Gasteiger partial charge in [-0.05, 0) is 25.3 Å². The van der Waals surface area contributed by atoms with Crippen LogP contribution in [0.3, 0.4) is 0 Å². The fraction of sp³-hybridized carbons (Fsp3) is 0.760. The molecule has 25 heavy (non-hydrogen) atoms. The summed E-state index contributed by atoms with van der Waals surface area (Å²) in [5.41, 5.74) is 2.84. The Balaban J connectivity index is -0.000000315. The first kappa shape index (κ1) is 29.0. The summed E-state index contributed by atoms with van der Waals surface area (Å²) in [6.45, 7) is 17.3. The molecule has 0 bridgehead atoms. The average molecular weight is 351 g/mol. The smallest absolute Gasteiger partial charge is 0.0279 e. The van der Waals surface area contributed by atoms with Crippen molar-refractivity contribution in [3.05, 3.63) is 35.4 Å². The number of hydrogen-bond acceptors (Lipinski definition) is 0. The van der Waals surface area contributed by atoms with Gasteiger partial charge in [0.1, 0.15) is 0 Å². The van der Waals surface area contributed by atoms with E-state index in [1.165, 1.54) is 81.8 Å². The molecule has 0 fully saturated rings. The molecule has 0 aliphatic carbocycles. The van der Waals surface area contributed by atoms with E-state index in [1.54, 1.807) is 0 Å². The Morgan fingerprint density at radius 3 is 1.20 bits per heavy atom. The molecule has 0 nitrogen and oxygen atoms in total. The Morgan fingerprint density at radius 2 is 0.880 bits per heavy atom. The average Bonchev–Trinajstić information content (AvgIpc) is 2.65. The summed E-state index contributed by atoms with van der Waals surface area (Å²) in [5.74, 6) is 0. The van der Waals surface area contributed by atoms with Gasteiger partial charge in [0.2, 0.25) is 0 Å². The van der Waals surface area contributed by atoms with E-state index < -0.39 is 0 Å². The van der Waals surface area contributed by atoms with E-state index in [1.807, 2.05) is 13.8 Å².